The smallest absolute Gasteiger partial charge is 0.256 e. The molecule has 0 radical (unpaired) electrons. The highest BCUT2D eigenvalue weighted by atomic mass is 16.5. The highest BCUT2D eigenvalue weighted by molar-refractivity contribution is 5.93. The molecule has 8 nitrogen and oxygen atoms in total. The zero-order valence-electron chi connectivity index (χ0n) is 16.6. The van der Waals surface area contributed by atoms with E-state index in [-0.39, 0.29) is 11.4 Å². The number of nitrogens with one attached hydrogen (secondary N) is 3. The number of aromatic nitrogens is 4. The number of hydrogen-bond donors (Lipinski definition) is 3. The van der Waals surface area contributed by atoms with E-state index in [9.17, 15) is 4.79 Å². The van der Waals surface area contributed by atoms with E-state index in [0.717, 1.165) is 28.7 Å². The molecule has 0 atom stereocenters. The number of ether oxygens (including phenoxy) is 1. The first-order valence-electron chi connectivity index (χ1n) is 9.64. The molecule has 2 aromatic heterocycles. The van der Waals surface area contributed by atoms with Crippen LogP contribution >= 0.6 is 0 Å². The molecule has 8 heteroatoms. The second-order valence-corrected chi connectivity index (χ2v) is 6.69. The van der Waals surface area contributed by atoms with Gasteiger partial charge in [-0.1, -0.05) is 54.6 Å². The van der Waals surface area contributed by atoms with Crippen LogP contribution in [0.15, 0.2) is 65.5 Å². The van der Waals surface area contributed by atoms with Crippen LogP contribution < -0.4 is 20.9 Å². The predicted molar refractivity (Wildman–Crippen MR) is 117 cm³/mol. The minimum Gasteiger partial charge on any atom is -0.481 e. The summed E-state index contributed by atoms with van der Waals surface area (Å²) in [7, 11) is 1.47. The van der Waals surface area contributed by atoms with E-state index in [1.807, 2.05) is 36.4 Å². The Morgan fingerprint density at radius 2 is 1.67 bits per heavy atom. The Hall–Kier alpha value is -3.94. The summed E-state index contributed by atoms with van der Waals surface area (Å²) >= 11 is 0. The van der Waals surface area contributed by atoms with Gasteiger partial charge in [0.25, 0.3) is 5.56 Å². The fourth-order valence-electron chi connectivity index (χ4n) is 3.20. The molecule has 0 saturated heterocycles. The van der Waals surface area contributed by atoms with Gasteiger partial charge in [0.05, 0.1) is 18.9 Å². The lowest BCUT2D eigenvalue weighted by atomic mass is 10.0. The fraction of sp³-hybridized carbons (Fsp3) is 0.182. The van der Waals surface area contributed by atoms with Crippen molar-refractivity contribution in [3.63, 3.8) is 0 Å². The van der Waals surface area contributed by atoms with Crippen LogP contribution in [0, 0.1) is 0 Å². The Labute approximate surface area is 173 Å². The van der Waals surface area contributed by atoms with Gasteiger partial charge in [0.15, 0.2) is 5.82 Å². The van der Waals surface area contributed by atoms with Crippen molar-refractivity contribution in [1.29, 1.82) is 0 Å². The van der Waals surface area contributed by atoms with Gasteiger partial charge < -0.3 is 15.4 Å². The molecule has 0 fully saturated rings. The van der Waals surface area contributed by atoms with Gasteiger partial charge in [0, 0.05) is 30.3 Å². The number of fused-ring (bicyclic) bond motifs is 1. The summed E-state index contributed by atoms with van der Waals surface area (Å²) in [4.78, 5) is 18.4. The molecule has 0 aliphatic heterocycles. The van der Waals surface area contributed by atoms with Crippen molar-refractivity contribution in [2.24, 2.45) is 0 Å². The van der Waals surface area contributed by atoms with Crippen molar-refractivity contribution >= 4 is 22.5 Å². The van der Waals surface area contributed by atoms with Gasteiger partial charge in [-0.05, 0) is 5.56 Å². The summed E-state index contributed by atoms with van der Waals surface area (Å²) in [6.45, 7) is 1.09. The Balaban J connectivity index is 1.45. The maximum atomic E-state index is 11.6. The van der Waals surface area contributed by atoms with Crippen molar-refractivity contribution in [3.8, 4) is 5.88 Å². The number of methoxy groups -OCH3 is 1. The van der Waals surface area contributed by atoms with Gasteiger partial charge in [-0.15, -0.1) is 5.10 Å². The first kappa shape index (κ1) is 19.4. The SMILES string of the molecule is COc1cc(=O)[nH]c(NCCNc2nnc(Cc3ccccc3)c3ccccc23)n1. The summed E-state index contributed by atoms with van der Waals surface area (Å²) in [6.07, 6.45) is 0.727. The molecule has 0 aliphatic carbocycles. The molecule has 2 heterocycles. The van der Waals surface area contributed by atoms with Crippen molar-refractivity contribution in [2.45, 2.75) is 6.42 Å². The van der Waals surface area contributed by atoms with Gasteiger partial charge in [0.1, 0.15) is 0 Å². The fourth-order valence-corrected chi connectivity index (χ4v) is 3.20. The van der Waals surface area contributed by atoms with Crippen molar-refractivity contribution in [1.82, 2.24) is 20.2 Å². The summed E-state index contributed by atoms with van der Waals surface area (Å²) < 4.78 is 5.01. The van der Waals surface area contributed by atoms with Gasteiger partial charge in [-0.3, -0.25) is 9.78 Å². The number of benzene rings is 2. The van der Waals surface area contributed by atoms with E-state index < -0.39 is 0 Å². The molecule has 4 aromatic rings. The molecule has 4 rings (SSSR count). The van der Waals surface area contributed by atoms with Crippen LogP contribution in [-0.4, -0.2) is 40.4 Å². The zero-order chi connectivity index (χ0) is 20.8. The topological polar surface area (TPSA) is 105 Å². The normalized spacial score (nSPS) is 10.7. The Bertz CT molecular complexity index is 1190. The third-order valence-corrected chi connectivity index (χ3v) is 4.62. The van der Waals surface area contributed by atoms with E-state index in [2.05, 4.69) is 49.0 Å². The number of aromatic amines is 1. The van der Waals surface area contributed by atoms with E-state index in [4.69, 9.17) is 4.74 Å². The van der Waals surface area contributed by atoms with Crippen molar-refractivity contribution in [2.75, 3.05) is 30.8 Å². The number of anilines is 2. The van der Waals surface area contributed by atoms with Gasteiger partial charge in [-0.2, -0.15) is 10.1 Å². The second kappa shape index (κ2) is 9.04. The van der Waals surface area contributed by atoms with Crippen LogP contribution in [-0.2, 0) is 6.42 Å². The monoisotopic (exact) mass is 402 g/mol. The first-order valence-corrected chi connectivity index (χ1v) is 9.64. The number of hydrogen-bond acceptors (Lipinski definition) is 7. The molecular formula is C22H22N6O2. The lowest BCUT2D eigenvalue weighted by molar-refractivity contribution is 0.397. The largest absolute Gasteiger partial charge is 0.481 e. The van der Waals surface area contributed by atoms with Crippen LogP contribution in [0.25, 0.3) is 10.8 Å². The van der Waals surface area contributed by atoms with Crippen molar-refractivity contribution in [3.05, 3.63) is 82.3 Å². The zero-order valence-corrected chi connectivity index (χ0v) is 16.6. The van der Waals surface area contributed by atoms with Crippen LogP contribution in [0.1, 0.15) is 11.3 Å². The van der Waals surface area contributed by atoms with Crippen LogP contribution in [0.4, 0.5) is 11.8 Å². The highest BCUT2D eigenvalue weighted by Gasteiger charge is 2.09. The van der Waals surface area contributed by atoms with E-state index in [0.29, 0.717) is 19.0 Å². The quantitative estimate of drug-likeness (QED) is 0.389. The van der Waals surface area contributed by atoms with E-state index >= 15 is 0 Å². The number of rotatable bonds is 8. The molecule has 0 amide bonds. The Kier molecular flexibility index (Phi) is 5.84. The van der Waals surface area contributed by atoms with Gasteiger partial charge >= 0.3 is 0 Å². The standard InChI is InChI=1S/C22H22N6O2/c1-30-20-14-19(29)25-22(26-20)24-12-11-23-21-17-10-6-5-9-16(17)18(27-28-21)13-15-7-3-2-4-8-15/h2-10,14H,11-13H2,1H3,(H,23,28)(H2,24,25,26,29). The third-order valence-electron chi connectivity index (χ3n) is 4.62. The predicted octanol–water partition coefficient (Wildman–Crippen LogP) is 2.84. The van der Waals surface area contributed by atoms with Crippen molar-refractivity contribution < 1.29 is 4.74 Å². The molecule has 0 spiro atoms. The van der Waals surface area contributed by atoms with Crippen LogP contribution in [0.5, 0.6) is 5.88 Å². The third kappa shape index (κ3) is 4.54. The lowest BCUT2D eigenvalue weighted by Gasteiger charge is -2.12. The summed E-state index contributed by atoms with van der Waals surface area (Å²) in [5, 5.41) is 17.3. The number of H-pyrrole nitrogens is 1. The molecule has 3 N–H and O–H groups in total. The molecule has 2 aromatic carbocycles. The molecule has 0 aliphatic rings. The van der Waals surface area contributed by atoms with Gasteiger partial charge in [0.2, 0.25) is 11.8 Å². The van der Waals surface area contributed by atoms with E-state index in [1.165, 1.54) is 18.7 Å². The summed E-state index contributed by atoms with van der Waals surface area (Å²) in [5.74, 6) is 1.34. The van der Waals surface area contributed by atoms with Crippen LogP contribution in [0.3, 0.4) is 0 Å². The highest BCUT2D eigenvalue weighted by Crippen LogP contribution is 2.24. The second-order valence-electron chi connectivity index (χ2n) is 6.69. The molecule has 30 heavy (non-hydrogen) atoms. The average Bonchev–Trinajstić information content (AvgIpc) is 2.78. The Morgan fingerprint density at radius 3 is 2.47 bits per heavy atom. The Morgan fingerprint density at radius 1 is 0.933 bits per heavy atom. The maximum absolute atomic E-state index is 11.6. The first-order chi connectivity index (χ1) is 14.7. The summed E-state index contributed by atoms with van der Waals surface area (Å²) in [6, 6.07) is 19.6. The average molecular weight is 402 g/mol. The number of nitrogens with zero attached hydrogens (tertiary/aromatic N) is 3. The van der Waals surface area contributed by atoms with Crippen LogP contribution in [0.2, 0.25) is 0 Å². The minimum atomic E-state index is -0.275. The molecule has 0 bridgehead atoms. The molecule has 0 saturated carbocycles. The van der Waals surface area contributed by atoms with Gasteiger partial charge in [-0.25, -0.2) is 0 Å². The lowest BCUT2D eigenvalue weighted by Crippen LogP contribution is -2.19. The summed E-state index contributed by atoms with van der Waals surface area (Å²) in [5.41, 5.74) is 1.86. The minimum absolute atomic E-state index is 0.264. The molecule has 152 valence electrons. The maximum Gasteiger partial charge on any atom is 0.256 e. The molecular weight excluding hydrogens is 380 g/mol. The molecule has 0 unspecified atom stereocenters. The van der Waals surface area contributed by atoms with E-state index in [1.54, 1.807) is 0 Å².